The Balaban J connectivity index is 1.74. The van der Waals surface area contributed by atoms with Crippen LogP contribution in [0.5, 0.6) is 5.88 Å². The van der Waals surface area contributed by atoms with Crippen LogP contribution >= 0.6 is 0 Å². The van der Waals surface area contributed by atoms with Crippen molar-refractivity contribution in [2.24, 2.45) is 17.6 Å². The van der Waals surface area contributed by atoms with Crippen LogP contribution < -0.4 is 15.4 Å². The van der Waals surface area contributed by atoms with Gasteiger partial charge in [-0.15, -0.1) is 0 Å². The molecule has 0 radical (unpaired) electrons. The van der Waals surface area contributed by atoms with Crippen molar-refractivity contribution in [3.63, 3.8) is 0 Å². The Morgan fingerprint density at radius 3 is 2.94 bits per heavy atom. The van der Waals surface area contributed by atoms with Crippen molar-refractivity contribution in [3.05, 3.63) is 12.4 Å². The summed E-state index contributed by atoms with van der Waals surface area (Å²) in [7, 11) is 1.63. The summed E-state index contributed by atoms with van der Waals surface area (Å²) in [5, 5.41) is 0. The van der Waals surface area contributed by atoms with Crippen LogP contribution in [-0.2, 0) is 0 Å². The summed E-state index contributed by atoms with van der Waals surface area (Å²) in [6, 6.07) is 2.31. The number of hydrogen-bond donors (Lipinski definition) is 1. The summed E-state index contributed by atoms with van der Waals surface area (Å²) < 4.78 is 5.15. The van der Waals surface area contributed by atoms with Crippen LogP contribution in [0.3, 0.4) is 0 Å². The molecule has 1 aromatic rings. The molecule has 1 saturated carbocycles. The number of hydrogen-bond acceptors (Lipinski definition) is 5. The Kier molecular flexibility index (Phi) is 3.07. The van der Waals surface area contributed by atoms with E-state index in [1.54, 1.807) is 13.4 Å². The Hall–Kier alpha value is -1.36. The minimum atomic E-state index is 0.395. The van der Waals surface area contributed by atoms with Gasteiger partial charge in [-0.2, -0.15) is 0 Å². The molecule has 1 aliphatic heterocycles. The van der Waals surface area contributed by atoms with Crippen LogP contribution in [-0.4, -0.2) is 36.2 Å². The van der Waals surface area contributed by atoms with Crippen LogP contribution in [0, 0.1) is 11.8 Å². The average Bonchev–Trinajstić information content (AvgIpc) is 2.81. The highest BCUT2D eigenvalue weighted by molar-refractivity contribution is 5.42. The number of fused-ring (bicyclic) bond motifs is 1. The van der Waals surface area contributed by atoms with E-state index in [0.29, 0.717) is 11.9 Å². The maximum absolute atomic E-state index is 6.06. The molecule has 0 bridgehead atoms. The second kappa shape index (κ2) is 4.72. The highest BCUT2D eigenvalue weighted by Gasteiger charge is 2.37. The highest BCUT2D eigenvalue weighted by atomic mass is 16.5. The minimum absolute atomic E-state index is 0.395. The normalized spacial score (nSPS) is 31.2. The molecule has 5 nitrogen and oxygen atoms in total. The Morgan fingerprint density at radius 1 is 1.28 bits per heavy atom. The van der Waals surface area contributed by atoms with E-state index in [2.05, 4.69) is 14.9 Å². The molecule has 2 N–H and O–H groups in total. The molecule has 0 spiro atoms. The van der Waals surface area contributed by atoms with Gasteiger partial charge >= 0.3 is 0 Å². The lowest BCUT2D eigenvalue weighted by molar-refractivity contribution is 0.271. The molecular formula is C13H20N4O. The zero-order valence-electron chi connectivity index (χ0n) is 10.7. The van der Waals surface area contributed by atoms with Crippen molar-refractivity contribution in [3.8, 4) is 5.88 Å². The van der Waals surface area contributed by atoms with Gasteiger partial charge in [-0.3, -0.25) is 0 Å². The van der Waals surface area contributed by atoms with Crippen LogP contribution in [0.25, 0.3) is 0 Å². The second-order valence-corrected chi connectivity index (χ2v) is 5.42. The third kappa shape index (κ3) is 2.14. The fourth-order valence-corrected chi connectivity index (χ4v) is 3.27. The van der Waals surface area contributed by atoms with Gasteiger partial charge in [-0.25, -0.2) is 9.97 Å². The molecular weight excluding hydrogens is 228 g/mol. The zero-order valence-corrected chi connectivity index (χ0v) is 10.7. The van der Waals surface area contributed by atoms with Crippen molar-refractivity contribution >= 4 is 5.82 Å². The van der Waals surface area contributed by atoms with Gasteiger partial charge in [-0.05, 0) is 31.1 Å². The molecule has 3 rings (SSSR count). The topological polar surface area (TPSA) is 64.3 Å². The van der Waals surface area contributed by atoms with Crippen molar-refractivity contribution in [1.82, 2.24) is 9.97 Å². The maximum atomic E-state index is 6.06. The monoisotopic (exact) mass is 248 g/mol. The van der Waals surface area contributed by atoms with Gasteiger partial charge in [0.05, 0.1) is 7.11 Å². The maximum Gasteiger partial charge on any atom is 0.218 e. The molecule has 1 unspecified atom stereocenters. The van der Waals surface area contributed by atoms with Crippen molar-refractivity contribution in [2.45, 2.75) is 25.3 Å². The van der Waals surface area contributed by atoms with E-state index in [1.165, 1.54) is 12.8 Å². The Morgan fingerprint density at radius 2 is 2.11 bits per heavy atom. The fraction of sp³-hybridized carbons (Fsp3) is 0.692. The van der Waals surface area contributed by atoms with Crippen LogP contribution in [0.15, 0.2) is 12.4 Å². The first kappa shape index (κ1) is 11.7. The molecule has 0 aromatic carbocycles. The lowest BCUT2D eigenvalue weighted by Gasteiger charge is -2.27. The smallest absolute Gasteiger partial charge is 0.218 e. The van der Waals surface area contributed by atoms with Crippen molar-refractivity contribution < 1.29 is 4.74 Å². The molecule has 5 heteroatoms. The molecule has 2 heterocycles. The number of ether oxygens (including phenoxy) is 1. The lowest BCUT2D eigenvalue weighted by atomic mass is 9.79. The van der Waals surface area contributed by atoms with E-state index < -0.39 is 0 Å². The first-order valence-corrected chi connectivity index (χ1v) is 6.63. The van der Waals surface area contributed by atoms with E-state index in [4.69, 9.17) is 10.5 Å². The summed E-state index contributed by atoms with van der Waals surface area (Å²) in [6.45, 7) is 2.16. The standard InChI is InChI=1S/C13H20N4O/c1-18-13-5-12(15-8-16-13)17-6-9-2-3-11(14)4-10(9)7-17/h5,8-11H,2-4,6-7,14H2,1H3/t9-,10+,11?/m1/s1. The van der Waals surface area contributed by atoms with Crippen LogP contribution in [0.2, 0.25) is 0 Å². The van der Waals surface area contributed by atoms with E-state index >= 15 is 0 Å². The third-order valence-electron chi connectivity index (χ3n) is 4.25. The van der Waals surface area contributed by atoms with Gasteiger partial charge in [0.2, 0.25) is 5.88 Å². The van der Waals surface area contributed by atoms with Gasteiger partial charge in [0.1, 0.15) is 12.1 Å². The molecule has 1 saturated heterocycles. The number of methoxy groups -OCH3 is 1. The zero-order chi connectivity index (χ0) is 12.5. The predicted octanol–water partition coefficient (Wildman–Crippen LogP) is 1.05. The summed E-state index contributed by atoms with van der Waals surface area (Å²) in [5.74, 6) is 3.12. The largest absolute Gasteiger partial charge is 0.481 e. The van der Waals surface area contributed by atoms with Gasteiger partial charge in [-0.1, -0.05) is 0 Å². The molecule has 1 aromatic heterocycles. The quantitative estimate of drug-likeness (QED) is 0.847. The molecule has 0 amide bonds. The molecule has 3 atom stereocenters. The van der Waals surface area contributed by atoms with Gasteiger partial charge in [0.15, 0.2) is 0 Å². The summed E-state index contributed by atoms with van der Waals surface area (Å²) in [4.78, 5) is 10.7. The van der Waals surface area contributed by atoms with E-state index in [1.807, 2.05) is 6.07 Å². The van der Waals surface area contributed by atoms with Crippen LogP contribution in [0.4, 0.5) is 5.82 Å². The SMILES string of the molecule is COc1cc(N2C[C@H]3CCC(N)C[C@H]3C2)ncn1. The Labute approximate surface area is 107 Å². The summed E-state index contributed by atoms with van der Waals surface area (Å²) >= 11 is 0. The van der Waals surface area contributed by atoms with Gasteiger partial charge in [0.25, 0.3) is 0 Å². The summed E-state index contributed by atoms with van der Waals surface area (Å²) in [5.41, 5.74) is 6.06. The lowest BCUT2D eigenvalue weighted by Crippen LogP contribution is -2.32. The van der Waals surface area contributed by atoms with E-state index in [9.17, 15) is 0 Å². The van der Waals surface area contributed by atoms with Gasteiger partial charge < -0.3 is 15.4 Å². The van der Waals surface area contributed by atoms with Crippen LogP contribution in [0.1, 0.15) is 19.3 Å². The Bertz CT molecular complexity index is 425. The number of aromatic nitrogens is 2. The van der Waals surface area contributed by atoms with Crippen molar-refractivity contribution in [2.75, 3.05) is 25.1 Å². The highest BCUT2D eigenvalue weighted by Crippen LogP contribution is 2.37. The molecule has 2 fully saturated rings. The first-order chi connectivity index (χ1) is 8.76. The summed E-state index contributed by atoms with van der Waals surface area (Å²) in [6.07, 6.45) is 5.15. The first-order valence-electron chi connectivity index (χ1n) is 6.63. The molecule has 18 heavy (non-hydrogen) atoms. The number of nitrogens with two attached hydrogens (primary N) is 1. The molecule has 2 aliphatic rings. The van der Waals surface area contributed by atoms with Gasteiger partial charge in [0, 0.05) is 25.2 Å². The van der Waals surface area contributed by atoms with Crippen molar-refractivity contribution in [1.29, 1.82) is 0 Å². The average molecular weight is 248 g/mol. The number of anilines is 1. The van der Waals surface area contributed by atoms with E-state index in [0.717, 1.165) is 37.2 Å². The fourth-order valence-electron chi connectivity index (χ4n) is 3.27. The minimum Gasteiger partial charge on any atom is -0.481 e. The third-order valence-corrected chi connectivity index (χ3v) is 4.25. The number of nitrogens with zero attached hydrogens (tertiary/aromatic N) is 3. The number of rotatable bonds is 2. The predicted molar refractivity (Wildman–Crippen MR) is 69.6 cm³/mol. The second-order valence-electron chi connectivity index (χ2n) is 5.42. The van der Waals surface area contributed by atoms with E-state index in [-0.39, 0.29) is 0 Å². The molecule has 98 valence electrons. The molecule has 1 aliphatic carbocycles.